The molecule has 0 atom stereocenters. The van der Waals surface area contributed by atoms with Crippen LogP contribution in [0, 0.1) is 16.5 Å². The third-order valence-corrected chi connectivity index (χ3v) is 2.44. The van der Waals surface area contributed by atoms with Crippen LogP contribution in [0.25, 0.3) is 0 Å². The molecule has 0 bridgehead atoms. The number of halogens is 10. The first-order chi connectivity index (χ1) is 11.5. The minimum absolute atomic E-state index is 0. The van der Waals surface area contributed by atoms with E-state index in [-0.39, 0.29) is 57.5 Å². The molecule has 0 aliphatic carbocycles. The molecule has 27 heavy (non-hydrogen) atoms. The number of nitrogens with zero attached hydrogens (tertiary/aromatic N) is 1. The Hall–Kier alpha value is -0.684. The second-order valence-corrected chi connectivity index (χ2v) is 4.34. The van der Waals surface area contributed by atoms with Crippen molar-refractivity contribution < 1.29 is 110 Å². The summed E-state index contributed by atoms with van der Waals surface area (Å²) in [6.07, 6.45) is -23.1. The fourth-order valence-corrected chi connectivity index (χ4v) is 1.25. The number of alkyl halides is 9. The number of ether oxygens (including phenoxy) is 2. The fourth-order valence-electron chi connectivity index (χ4n) is 1.25. The van der Waals surface area contributed by atoms with Gasteiger partial charge in [0.2, 0.25) is 0 Å². The first kappa shape index (κ1) is 26.3. The van der Waals surface area contributed by atoms with Crippen LogP contribution in [0.15, 0.2) is 24.3 Å². The van der Waals surface area contributed by atoms with Crippen LogP contribution < -0.4 is 56.1 Å². The van der Waals surface area contributed by atoms with Gasteiger partial charge in [-0.3, -0.25) is 10.1 Å². The molecule has 148 valence electrons. The minimum Gasteiger partial charge on any atom is -0.453 e. The largest absolute Gasteiger partial charge is 1.00 e. The van der Waals surface area contributed by atoms with E-state index in [4.69, 9.17) is 0 Å². The number of nitro benzene ring substituents is 1. The van der Waals surface area contributed by atoms with Gasteiger partial charge in [0, 0.05) is 6.07 Å². The average Bonchev–Trinajstić information content (AvgIpc) is 2.45. The van der Waals surface area contributed by atoms with Crippen molar-refractivity contribution in [2.45, 2.75) is 24.3 Å². The van der Waals surface area contributed by atoms with E-state index in [0.717, 1.165) is 12.1 Å². The van der Waals surface area contributed by atoms with Crippen molar-refractivity contribution in [2.75, 3.05) is 0 Å². The molecule has 0 amide bonds. The predicted molar refractivity (Wildman–Crippen MR) is 60.1 cm³/mol. The van der Waals surface area contributed by atoms with Crippen molar-refractivity contribution in [1.29, 1.82) is 0 Å². The van der Waals surface area contributed by atoms with E-state index < -0.39 is 47.0 Å². The van der Waals surface area contributed by atoms with E-state index in [1.54, 1.807) is 0 Å². The Kier molecular flexibility index (Phi) is 8.55. The van der Waals surface area contributed by atoms with Gasteiger partial charge in [-0.25, -0.2) is 0 Å². The number of nitro groups is 1. The molecule has 0 aromatic heterocycles. The molecule has 0 saturated carbocycles. The van der Waals surface area contributed by atoms with Gasteiger partial charge in [0.25, 0.3) is 5.69 Å². The Bertz CT molecular complexity index is 669. The molecule has 0 fully saturated rings. The van der Waals surface area contributed by atoms with Crippen molar-refractivity contribution in [3.8, 4) is 5.75 Å². The van der Waals surface area contributed by atoms with Crippen LogP contribution in [0.2, 0.25) is 0 Å². The summed E-state index contributed by atoms with van der Waals surface area (Å²) >= 11 is 0. The molecule has 0 heterocycles. The summed E-state index contributed by atoms with van der Waals surface area (Å²) in [5, 5.41) is 10.4. The van der Waals surface area contributed by atoms with Crippen LogP contribution in [0.3, 0.4) is 0 Å². The molecule has 1 rings (SSSR count). The van der Waals surface area contributed by atoms with Crippen LogP contribution in [0.1, 0.15) is 0 Å². The number of hydrogen-bond donors (Lipinski definition) is 0. The van der Waals surface area contributed by atoms with Crippen LogP contribution in [-0.2, 0) is 4.74 Å². The molecular formula is C11H4F10KNO4. The monoisotopic (exact) mass is 443 g/mol. The molecule has 0 unspecified atom stereocenters. The Morgan fingerprint density at radius 3 is 1.96 bits per heavy atom. The van der Waals surface area contributed by atoms with E-state index in [2.05, 4.69) is 9.47 Å². The summed E-state index contributed by atoms with van der Waals surface area (Å²) in [5.41, 5.74) is -0.867. The van der Waals surface area contributed by atoms with E-state index in [0.29, 0.717) is 6.07 Å². The van der Waals surface area contributed by atoms with E-state index in [1.165, 1.54) is 0 Å². The van der Waals surface area contributed by atoms with Gasteiger partial charge in [-0.05, 0) is 6.07 Å². The van der Waals surface area contributed by atoms with Gasteiger partial charge >= 0.3 is 75.7 Å². The minimum atomic E-state index is -7.01. The van der Waals surface area contributed by atoms with Crippen LogP contribution in [0.5, 0.6) is 5.75 Å². The Morgan fingerprint density at radius 1 is 1.00 bits per heavy atom. The number of rotatable bonds is 7. The van der Waals surface area contributed by atoms with Crippen molar-refractivity contribution in [3.05, 3.63) is 40.7 Å². The topological polar surface area (TPSA) is 61.6 Å². The molecule has 0 aliphatic heterocycles. The van der Waals surface area contributed by atoms with Gasteiger partial charge in [-0.2, -0.15) is 39.5 Å². The number of non-ortho nitro benzene ring substituents is 1. The smallest absolute Gasteiger partial charge is 0.453 e. The molecule has 0 N–H and O–H groups in total. The van der Waals surface area contributed by atoms with Crippen molar-refractivity contribution in [1.82, 2.24) is 0 Å². The summed E-state index contributed by atoms with van der Waals surface area (Å²) < 4.78 is 131. The molecule has 0 saturated heterocycles. The van der Waals surface area contributed by atoms with Crippen LogP contribution in [-0.4, -0.2) is 29.2 Å². The van der Waals surface area contributed by atoms with Crippen molar-refractivity contribution in [3.63, 3.8) is 0 Å². The summed E-state index contributed by atoms with van der Waals surface area (Å²) in [5.74, 6) is -8.22. The molecule has 5 nitrogen and oxygen atoms in total. The zero-order valence-corrected chi connectivity index (χ0v) is 15.8. The summed E-state index contributed by atoms with van der Waals surface area (Å²) in [6.45, 7) is 0. The third-order valence-electron chi connectivity index (χ3n) is 2.44. The van der Waals surface area contributed by atoms with E-state index in [1.807, 2.05) is 0 Å². The molecule has 0 spiro atoms. The van der Waals surface area contributed by atoms with Gasteiger partial charge in [-0.1, -0.05) is 6.07 Å². The Balaban J connectivity index is 0.00000676. The van der Waals surface area contributed by atoms with Gasteiger partial charge < -0.3 is 13.9 Å². The van der Waals surface area contributed by atoms with E-state index >= 15 is 0 Å². The second-order valence-electron chi connectivity index (χ2n) is 4.34. The molecule has 1 aromatic rings. The maximum Gasteiger partial charge on any atom is 1.00 e. The van der Waals surface area contributed by atoms with Crippen LogP contribution >= 0.6 is 0 Å². The fraction of sp³-hybridized carbons (Fsp3) is 0.364. The molecule has 16 heteroatoms. The summed E-state index contributed by atoms with van der Waals surface area (Å²) in [7, 11) is 0. The van der Waals surface area contributed by atoms with Gasteiger partial charge in [-0.15, -0.1) is 0 Å². The quantitative estimate of drug-likeness (QED) is 0.212. The van der Waals surface area contributed by atoms with Crippen molar-refractivity contribution >= 4 is 5.69 Å². The molecular weight excluding hydrogens is 439 g/mol. The first-order valence-corrected chi connectivity index (χ1v) is 5.87. The van der Waals surface area contributed by atoms with Crippen molar-refractivity contribution in [2.24, 2.45) is 0 Å². The van der Waals surface area contributed by atoms with Crippen LogP contribution in [0.4, 0.5) is 49.6 Å². The third kappa shape index (κ3) is 6.15. The SMILES string of the molecule is O=[N+]([O-])c1cccc(OC(F)(F)[C-](F)OC(F)(F)C(F)(F)C(F)(F)F)c1.[K+]. The molecule has 0 aliphatic rings. The molecule has 1 aromatic carbocycles. The second kappa shape index (κ2) is 8.77. The number of benzene rings is 1. The zero-order valence-electron chi connectivity index (χ0n) is 12.7. The summed E-state index contributed by atoms with van der Waals surface area (Å²) in [4.78, 5) is 9.30. The van der Waals surface area contributed by atoms with E-state index in [9.17, 15) is 54.0 Å². The zero-order chi connectivity index (χ0) is 20.6. The standard InChI is InChI=1S/C11H4F10NO4.K/c12-7(26-11(20,21)9(15,16)10(17,18)19)8(13,14)25-6-3-1-2-5(4-6)22(23)24;/h1-4H;/q-1;+1. The maximum absolute atomic E-state index is 13.3. The first-order valence-electron chi connectivity index (χ1n) is 5.87. The normalized spacial score (nSPS) is 13.3. The number of hydrogen-bond acceptors (Lipinski definition) is 4. The molecule has 0 radical (unpaired) electrons. The summed E-state index contributed by atoms with van der Waals surface area (Å²) in [6, 6.07) is 2.33. The predicted octanol–water partition coefficient (Wildman–Crippen LogP) is 1.84. The Labute approximate surface area is 185 Å². The van der Waals surface area contributed by atoms with Gasteiger partial charge in [0.15, 0.2) is 0 Å². The average molecular weight is 443 g/mol. The van der Waals surface area contributed by atoms with Gasteiger partial charge in [0.1, 0.15) is 5.75 Å². The Morgan fingerprint density at radius 2 is 1.52 bits per heavy atom. The maximum atomic E-state index is 13.3. The van der Waals surface area contributed by atoms with Gasteiger partial charge in [0.05, 0.1) is 17.3 Å².